The van der Waals surface area contributed by atoms with E-state index in [0.29, 0.717) is 11.5 Å². The van der Waals surface area contributed by atoms with Gasteiger partial charge in [0.1, 0.15) is 17.2 Å². The number of aromatic hydroxyl groups is 3. The Bertz CT molecular complexity index is 1280. The first kappa shape index (κ1) is 22.1. The SMILES string of the molecule is Cc1cc(O)ccc1N(c1cccc(Oc2c(C)ccc(C)c2O)c1)c1ccc(O)cc1C. The second kappa shape index (κ2) is 8.79. The van der Waals surface area contributed by atoms with Crippen LogP contribution in [0.5, 0.6) is 28.7 Å². The minimum absolute atomic E-state index is 0.126. The zero-order chi connectivity index (χ0) is 23.7. The molecule has 0 aromatic heterocycles. The zero-order valence-electron chi connectivity index (χ0n) is 19.1. The number of rotatable bonds is 5. The zero-order valence-corrected chi connectivity index (χ0v) is 19.1. The molecule has 168 valence electrons. The summed E-state index contributed by atoms with van der Waals surface area (Å²) in [6.45, 7) is 7.60. The van der Waals surface area contributed by atoms with Gasteiger partial charge < -0.3 is 25.0 Å². The van der Waals surface area contributed by atoms with Gasteiger partial charge in [-0.15, -0.1) is 0 Å². The van der Waals surface area contributed by atoms with Gasteiger partial charge in [-0.25, -0.2) is 0 Å². The van der Waals surface area contributed by atoms with Gasteiger partial charge in [-0.2, -0.15) is 0 Å². The second-order valence-corrected chi connectivity index (χ2v) is 8.25. The summed E-state index contributed by atoms with van der Waals surface area (Å²) in [5, 5.41) is 30.4. The fraction of sp³-hybridized carbons (Fsp3) is 0.143. The van der Waals surface area contributed by atoms with E-state index in [0.717, 1.165) is 39.3 Å². The molecule has 0 spiro atoms. The largest absolute Gasteiger partial charge is 0.508 e. The van der Waals surface area contributed by atoms with Crippen LogP contribution < -0.4 is 9.64 Å². The van der Waals surface area contributed by atoms with E-state index in [-0.39, 0.29) is 17.2 Å². The maximum atomic E-state index is 10.5. The molecule has 0 saturated carbocycles. The number of anilines is 3. The Morgan fingerprint density at radius 1 is 0.606 bits per heavy atom. The highest BCUT2D eigenvalue weighted by molar-refractivity contribution is 5.81. The summed E-state index contributed by atoms with van der Waals surface area (Å²) in [5.74, 6) is 1.53. The summed E-state index contributed by atoms with van der Waals surface area (Å²) in [7, 11) is 0. The molecule has 5 heteroatoms. The van der Waals surface area contributed by atoms with Crippen LogP contribution in [0.25, 0.3) is 0 Å². The topological polar surface area (TPSA) is 73.2 Å². The molecule has 0 saturated heterocycles. The lowest BCUT2D eigenvalue weighted by atomic mass is 10.1. The predicted molar refractivity (Wildman–Crippen MR) is 132 cm³/mol. The minimum atomic E-state index is 0.126. The van der Waals surface area contributed by atoms with Crippen LogP contribution in [0.2, 0.25) is 0 Å². The Kier molecular flexibility index (Phi) is 5.88. The average Bonchev–Trinajstić information content (AvgIpc) is 2.77. The van der Waals surface area contributed by atoms with Crippen LogP contribution in [-0.2, 0) is 0 Å². The molecule has 5 nitrogen and oxygen atoms in total. The molecule has 0 aliphatic carbocycles. The Morgan fingerprint density at radius 3 is 1.76 bits per heavy atom. The molecule has 33 heavy (non-hydrogen) atoms. The van der Waals surface area contributed by atoms with Crippen molar-refractivity contribution in [1.29, 1.82) is 0 Å². The molecular formula is C28H27NO4. The Balaban J connectivity index is 1.84. The lowest BCUT2D eigenvalue weighted by Crippen LogP contribution is -2.12. The first-order chi connectivity index (χ1) is 15.7. The summed E-state index contributed by atoms with van der Waals surface area (Å²) in [6, 6.07) is 21.8. The van der Waals surface area contributed by atoms with Crippen molar-refractivity contribution in [3.8, 4) is 28.7 Å². The van der Waals surface area contributed by atoms with Gasteiger partial charge in [-0.3, -0.25) is 0 Å². The molecule has 4 aromatic rings. The van der Waals surface area contributed by atoms with Crippen molar-refractivity contribution in [2.75, 3.05) is 4.90 Å². The highest BCUT2D eigenvalue weighted by Crippen LogP contribution is 2.42. The van der Waals surface area contributed by atoms with E-state index in [1.165, 1.54) is 0 Å². The van der Waals surface area contributed by atoms with Crippen LogP contribution >= 0.6 is 0 Å². The highest BCUT2D eigenvalue weighted by atomic mass is 16.5. The van der Waals surface area contributed by atoms with E-state index in [1.807, 2.05) is 76.2 Å². The number of hydrogen-bond acceptors (Lipinski definition) is 5. The number of ether oxygens (including phenoxy) is 1. The fourth-order valence-electron chi connectivity index (χ4n) is 3.89. The van der Waals surface area contributed by atoms with Crippen LogP contribution in [-0.4, -0.2) is 15.3 Å². The van der Waals surface area contributed by atoms with Crippen molar-refractivity contribution in [3.05, 3.63) is 95.1 Å². The molecule has 0 aliphatic heterocycles. The monoisotopic (exact) mass is 441 g/mol. The maximum Gasteiger partial charge on any atom is 0.172 e. The molecule has 0 heterocycles. The smallest absolute Gasteiger partial charge is 0.172 e. The van der Waals surface area contributed by atoms with Crippen LogP contribution in [0.1, 0.15) is 22.3 Å². The van der Waals surface area contributed by atoms with Crippen molar-refractivity contribution < 1.29 is 20.1 Å². The van der Waals surface area contributed by atoms with E-state index in [9.17, 15) is 15.3 Å². The summed E-state index contributed by atoms with van der Waals surface area (Å²) in [4.78, 5) is 2.05. The van der Waals surface area contributed by atoms with E-state index in [1.54, 1.807) is 24.3 Å². The molecule has 4 aromatic carbocycles. The number of nitrogens with zero attached hydrogens (tertiary/aromatic N) is 1. The third kappa shape index (κ3) is 4.44. The Hall–Kier alpha value is -4.12. The van der Waals surface area contributed by atoms with Gasteiger partial charge in [0, 0.05) is 23.1 Å². The van der Waals surface area contributed by atoms with Gasteiger partial charge in [0.2, 0.25) is 0 Å². The third-order valence-electron chi connectivity index (χ3n) is 5.67. The quantitative estimate of drug-likeness (QED) is 0.303. The van der Waals surface area contributed by atoms with Gasteiger partial charge >= 0.3 is 0 Å². The van der Waals surface area contributed by atoms with Crippen LogP contribution in [0.15, 0.2) is 72.8 Å². The van der Waals surface area contributed by atoms with E-state index < -0.39 is 0 Å². The highest BCUT2D eigenvalue weighted by Gasteiger charge is 2.18. The number of benzene rings is 4. The Labute approximate surface area is 193 Å². The van der Waals surface area contributed by atoms with Crippen molar-refractivity contribution in [1.82, 2.24) is 0 Å². The van der Waals surface area contributed by atoms with Crippen molar-refractivity contribution >= 4 is 17.1 Å². The van der Waals surface area contributed by atoms with Gasteiger partial charge in [0.05, 0.1) is 0 Å². The number of phenolic OH excluding ortho intramolecular Hbond substituents is 3. The fourth-order valence-corrected chi connectivity index (χ4v) is 3.89. The normalized spacial score (nSPS) is 10.8. The maximum absolute atomic E-state index is 10.5. The standard InChI is InChI=1S/C28H27NO4/c1-17-8-9-18(2)28(27(17)32)33-24-7-5-6-21(16-24)29(25-12-10-22(30)14-19(25)3)26-13-11-23(31)15-20(26)4/h5-16,30-32H,1-4H3. The first-order valence-corrected chi connectivity index (χ1v) is 10.7. The lowest BCUT2D eigenvalue weighted by Gasteiger charge is -2.29. The molecule has 0 unspecified atom stereocenters. The van der Waals surface area contributed by atoms with Crippen LogP contribution in [0.3, 0.4) is 0 Å². The van der Waals surface area contributed by atoms with Crippen molar-refractivity contribution in [2.45, 2.75) is 27.7 Å². The van der Waals surface area contributed by atoms with Crippen LogP contribution in [0, 0.1) is 27.7 Å². The van der Waals surface area contributed by atoms with E-state index in [2.05, 4.69) is 4.90 Å². The molecule has 0 atom stereocenters. The number of phenols is 3. The average molecular weight is 442 g/mol. The Morgan fingerprint density at radius 2 is 1.18 bits per heavy atom. The second-order valence-electron chi connectivity index (χ2n) is 8.25. The molecule has 4 rings (SSSR count). The molecule has 0 amide bonds. The van der Waals surface area contributed by atoms with Crippen molar-refractivity contribution in [2.24, 2.45) is 0 Å². The molecule has 0 aliphatic rings. The predicted octanol–water partition coefficient (Wildman–Crippen LogP) is 7.30. The molecular weight excluding hydrogens is 414 g/mol. The van der Waals surface area contributed by atoms with Crippen LogP contribution in [0.4, 0.5) is 17.1 Å². The summed E-state index contributed by atoms with van der Waals surface area (Å²) in [6.07, 6.45) is 0. The summed E-state index contributed by atoms with van der Waals surface area (Å²) >= 11 is 0. The van der Waals surface area contributed by atoms with Gasteiger partial charge in [-0.1, -0.05) is 18.2 Å². The molecule has 3 N–H and O–H groups in total. The summed E-state index contributed by atoms with van der Waals surface area (Å²) in [5.41, 5.74) is 5.96. The van der Waals surface area contributed by atoms with Crippen molar-refractivity contribution in [3.63, 3.8) is 0 Å². The third-order valence-corrected chi connectivity index (χ3v) is 5.67. The van der Waals surface area contributed by atoms with Gasteiger partial charge in [-0.05, 0) is 98.5 Å². The lowest BCUT2D eigenvalue weighted by molar-refractivity contribution is 0.406. The van der Waals surface area contributed by atoms with Gasteiger partial charge in [0.25, 0.3) is 0 Å². The first-order valence-electron chi connectivity index (χ1n) is 10.7. The number of hydrogen-bond donors (Lipinski definition) is 3. The van der Waals surface area contributed by atoms with Gasteiger partial charge in [0.15, 0.2) is 11.5 Å². The number of aryl methyl sites for hydroxylation is 4. The molecule has 0 radical (unpaired) electrons. The molecule has 0 bridgehead atoms. The van der Waals surface area contributed by atoms with E-state index in [4.69, 9.17) is 4.74 Å². The minimum Gasteiger partial charge on any atom is -0.508 e. The molecule has 0 fully saturated rings. The van der Waals surface area contributed by atoms with E-state index >= 15 is 0 Å². The summed E-state index contributed by atoms with van der Waals surface area (Å²) < 4.78 is 6.13.